The lowest BCUT2D eigenvalue weighted by atomic mass is 9.79. The minimum atomic E-state index is -0.000633. The molecule has 23 heavy (non-hydrogen) atoms. The standard InChI is InChI=1S/C15H21N5O2S/c1-15(2)7-10-13(11(21)8-15)23-14-17-16-12(20(14)18-10)9-19-3-5-22-6-4-19/h18H,3-9H2,1-2H3. The van der Waals surface area contributed by atoms with Crippen LogP contribution in [-0.2, 0) is 16.1 Å². The lowest BCUT2D eigenvalue weighted by Gasteiger charge is -2.35. The van der Waals surface area contributed by atoms with E-state index in [9.17, 15) is 4.79 Å². The Hall–Kier alpha value is -1.38. The molecule has 1 saturated heterocycles. The van der Waals surface area contributed by atoms with Gasteiger partial charge >= 0.3 is 0 Å². The van der Waals surface area contributed by atoms with Gasteiger partial charge in [0.2, 0.25) is 5.16 Å². The van der Waals surface area contributed by atoms with Crippen molar-refractivity contribution in [3.63, 3.8) is 0 Å². The number of morpholine rings is 1. The molecule has 0 spiro atoms. The molecular weight excluding hydrogens is 314 g/mol. The van der Waals surface area contributed by atoms with Gasteiger partial charge in [-0.15, -0.1) is 10.2 Å². The maximum Gasteiger partial charge on any atom is 0.215 e. The van der Waals surface area contributed by atoms with Crippen molar-refractivity contribution in [1.82, 2.24) is 19.8 Å². The predicted octanol–water partition coefficient (Wildman–Crippen LogP) is 1.36. The van der Waals surface area contributed by atoms with Gasteiger partial charge in [-0.2, -0.15) is 0 Å². The molecule has 1 N–H and O–H groups in total. The number of rotatable bonds is 2. The maximum atomic E-state index is 12.4. The second-order valence-corrected chi connectivity index (χ2v) is 8.06. The molecule has 1 aromatic heterocycles. The Morgan fingerprint density at radius 1 is 1.26 bits per heavy atom. The molecule has 1 aromatic rings. The van der Waals surface area contributed by atoms with Crippen molar-refractivity contribution in [1.29, 1.82) is 0 Å². The molecule has 0 aromatic carbocycles. The number of carbonyl (C=O) groups excluding carboxylic acids is 1. The SMILES string of the molecule is CC1(C)CC(=O)C2=C(C1)Nn1c(CN3CCOCC3)nnc1S2. The molecule has 3 aliphatic rings. The van der Waals surface area contributed by atoms with Crippen molar-refractivity contribution in [2.24, 2.45) is 5.41 Å². The fraction of sp³-hybridized carbons (Fsp3) is 0.667. The number of carbonyl (C=O) groups is 1. The Balaban J connectivity index is 1.57. The summed E-state index contributed by atoms with van der Waals surface area (Å²) in [6.45, 7) is 8.37. The number of thioether (sulfide) groups is 1. The lowest BCUT2D eigenvalue weighted by molar-refractivity contribution is -0.117. The van der Waals surface area contributed by atoms with E-state index < -0.39 is 0 Å². The van der Waals surface area contributed by atoms with E-state index in [1.165, 1.54) is 11.8 Å². The van der Waals surface area contributed by atoms with Crippen LogP contribution in [0.2, 0.25) is 0 Å². The Kier molecular flexibility index (Phi) is 3.70. The van der Waals surface area contributed by atoms with Crippen LogP contribution in [0, 0.1) is 5.41 Å². The zero-order valence-electron chi connectivity index (χ0n) is 13.5. The first-order valence-electron chi connectivity index (χ1n) is 7.97. The van der Waals surface area contributed by atoms with Gasteiger partial charge in [0, 0.05) is 19.5 Å². The van der Waals surface area contributed by atoms with Gasteiger partial charge in [0.25, 0.3) is 0 Å². The monoisotopic (exact) mass is 335 g/mol. The summed E-state index contributed by atoms with van der Waals surface area (Å²) in [6, 6.07) is 0. The third-order valence-corrected chi connectivity index (χ3v) is 5.56. The fourth-order valence-electron chi connectivity index (χ4n) is 3.28. The molecule has 1 fully saturated rings. The predicted molar refractivity (Wildman–Crippen MR) is 86.4 cm³/mol. The first kappa shape index (κ1) is 15.2. The average Bonchev–Trinajstić information content (AvgIpc) is 2.88. The minimum Gasteiger partial charge on any atom is -0.379 e. The highest BCUT2D eigenvalue weighted by atomic mass is 32.2. The summed E-state index contributed by atoms with van der Waals surface area (Å²) in [6.07, 6.45) is 1.46. The van der Waals surface area contributed by atoms with Crippen LogP contribution in [0.25, 0.3) is 0 Å². The van der Waals surface area contributed by atoms with E-state index in [1.807, 2.05) is 4.68 Å². The van der Waals surface area contributed by atoms with Gasteiger partial charge in [0.15, 0.2) is 11.6 Å². The highest BCUT2D eigenvalue weighted by Crippen LogP contribution is 2.44. The van der Waals surface area contributed by atoms with Crippen LogP contribution < -0.4 is 5.43 Å². The Morgan fingerprint density at radius 3 is 2.83 bits per heavy atom. The van der Waals surface area contributed by atoms with Gasteiger partial charge in [0.05, 0.1) is 30.4 Å². The summed E-state index contributed by atoms with van der Waals surface area (Å²) in [5.41, 5.74) is 4.40. The van der Waals surface area contributed by atoms with E-state index in [-0.39, 0.29) is 11.2 Å². The van der Waals surface area contributed by atoms with Crippen molar-refractivity contribution in [2.45, 2.75) is 38.4 Å². The van der Waals surface area contributed by atoms with Gasteiger partial charge in [-0.05, 0) is 23.6 Å². The number of fused-ring (bicyclic) bond motifs is 1. The first-order valence-corrected chi connectivity index (χ1v) is 8.79. The molecule has 124 valence electrons. The molecule has 0 atom stereocenters. The molecule has 3 heterocycles. The highest BCUT2D eigenvalue weighted by Gasteiger charge is 2.37. The summed E-state index contributed by atoms with van der Waals surface area (Å²) < 4.78 is 7.33. The number of ketones is 1. The number of Topliss-reactive ketones (excluding diaryl/α,β-unsaturated/α-hetero) is 1. The van der Waals surface area contributed by atoms with Crippen molar-refractivity contribution in [3.8, 4) is 0 Å². The Bertz CT molecular complexity index is 675. The second-order valence-electron chi connectivity index (χ2n) is 7.09. The summed E-state index contributed by atoms with van der Waals surface area (Å²) in [5, 5.41) is 9.32. The van der Waals surface area contributed by atoms with E-state index in [1.54, 1.807) is 0 Å². The zero-order chi connectivity index (χ0) is 16.0. The van der Waals surface area contributed by atoms with Crippen molar-refractivity contribution >= 4 is 17.5 Å². The number of ether oxygens (including phenoxy) is 1. The van der Waals surface area contributed by atoms with Crippen molar-refractivity contribution in [2.75, 3.05) is 31.7 Å². The largest absolute Gasteiger partial charge is 0.379 e. The fourth-order valence-corrected chi connectivity index (χ4v) is 4.21. The van der Waals surface area contributed by atoms with Crippen LogP contribution >= 0.6 is 11.8 Å². The zero-order valence-corrected chi connectivity index (χ0v) is 14.3. The van der Waals surface area contributed by atoms with E-state index >= 15 is 0 Å². The van der Waals surface area contributed by atoms with E-state index in [0.29, 0.717) is 6.42 Å². The van der Waals surface area contributed by atoms with Gasteiger partial charge in [0.1, 0.15) is 0 Å². The number of aromatic nitrogens is 3. The molecule has 8 heteroatoms. The van der Waals surface area contributed by atoms with Crippen molar-refractivity contribution in [3.05, 3.63) is 16.4 Å². The average molecular weight is 335 g/mol. The van der Waals surface area contributed by atoms with Crippen LogP contribution in [0.4, 0.5) is 0 Å². The minimum absolute atomic E-state index is 0.000633. The molecule has 0 amide bonds. The smallest absolute Gasteiger partial charge is 0.215 e. The summed E-state index contributed by atoms with van der Waals surface area (Å²) in [4.78, 5) is 15.5. The number of nitrogens with zero attached hydrogens (tertiary/aromatic N) is 4. The normalized spacial score (nSPS) is 24.2. The number of hydrogen-bond donors (Lipinski definition) is 1. The summed E-state index contributed by atoms with van der Waals surface area (Å²) >= 11 is 1.45. The summed E-state index contributed by atoms with van der Waals surface area (Å²) in [7, 11) is 0. The molecule has 2 aliphatic heterocycles. The quantitative estimate of drug-likeness (QED) is 0.875. The molecular formula is C15H21N5O2S. The summed E-state index contributed by atoms with van der Waals surface area (Å²) in [5.74, 6) is 1.09. The number of hydrogen-bond acceptors (Lipinski definition) is 7. The Labute approximate surface area is 139 Å². The van der Waals surface area contributed by atoms with Crippen LogP contribution in [0.15, 0.2) is 15.8 Å². The molecule has 0 bridgehead atoms. The van der Waals surface area contributed by atoms with Crippen LogP contribution in [-0.4, -0.2) is 51.9 Å². The number of nitrogens with one attached hydrogen (secondary N) is 1. The van der Waals surface area contributed by atoms with Crippen LogP contribution in [0.5, 0.6) is 0 Å². The first-order chi connectivity index (χ1) is 11.0. The van der Waals surface area contributed by atoms with E-state index in [4.69, 9.17) is 4.74 Å². The maximum absolute atomic E-state index is 12.4. The van der Waals surface area contributed by atoms with Crippen molar-refractivity contribution < 1.29 is 9.53 Å². The second kappa shape index (κ2) is 5.61. The molecule has 1 aliphatic carbocycles. The lowest BCUT2D eigenvalue weighted by Crippen LogP contribution is -2.38. The third-order valence-electron chi connectivity index (χ3n) is 4.43. The molecule has 4 rings (SSSR count). The number of allylic oxidation sites excluding steroid dienone is 2. The molecule has 0 saturated carbocycles. The Morgan fingerprint density at radius 2 is 2.04 bits per heavy atom. The van der Waals surface area contributed by atoms with E-state index in [2.05, 4.69) is 34.4 Å². The van der Waals surface area contributed by atoms with Gasteiger partial charge in [-0.1, -0.05) is 13.8 Å². The topological polar surface area (TPSA) is 72.3 Å². The molecule has 0 radical (unpaired) electrons. The van der Waals surface area contributed by atoms with Crippen LogP contribution in [0.1, 0.15) is 32.5 Å². The highest BCUT2D eigenvalue weighted by molar-refractivity contribution is 8.04. The third kappa shape index (κ3) is 2.90. The van der Waals surface area contributed by atoms with E-state index in [0.717, 1.165) is 60.9 Å². The van der Waals surface area contributed by atoms with Gasteiger partial charge in [-0.3, -0.25) is 15.1 Å². The van der Waals surface area contributed by atoms with Gasteiger partial charge < -0.3 is 4.74 Å². The van der Waals surface area contributed by atoms with Crippen LogP contribution in [0.3, 0.4) is 0 Å². The van der Waals surface area contributed by atoms with Gasteiger partial charge in [-0.25, -0.2) is 4.68 Å². The molecule has 7 nitrogen and oxygen atoms in total. The molecule has 0 unspecified atom stereocenters.